The van der Waals surface area contributed by atoms with E-state index in [0.717, 1.165) is 17.4 Å². The second-order valence-corrected chi connectivity index (χ2v) is 9.49. The summed E-state index contributed by atoms with van der Waals surface area (Å²) in [5.74, 6) is 1.17. The van der Waals surface area contributed by atoms with Gasteiger partial charge in [0.25, 0.3) is 5.91 Å². The summed E-state index contributed by atoms with van der Waals surface area (Å²) in [5, 5.41) is 9.98. The summed E-state index contributed by atoms with van der Waals surface area (Å²) < 4.78 is 30.5. The predicted molar refractivity (Wildman–Crippen MR) is 136 cm³/mol. The Morgan fingerprint density at radius 1 is 1.19 bits per heavy atom. The van der Waals surface area contributed by atoms with Crippen molar-refractivity contribution in [1.82, 2.24) is 9.88 Å². The molecule has 0 spiro atoms. The lowest BCUT2D eigenvalue weighted by Gasteiger charge is -2.35. The van der Waals surface area contributed by atoms with Crippen LogP contribution in [0.4, 0.5) is 19.6 Å². The summed E-state index contributed by atoms with van der Waals surface area (Å²) in [7, 11) is 0. The Hall–Kier alpha value is -4.47. The maximum Gasteiger partial charge on any atom is 0.254 e. The molecule has 36 heavy (non-hydrogen) atoms. The van der Waals surface area contributed by atoms with Crippen LogP contribution in [0, 0.1) is 35.3 Å². The van der Waals surface area contributed by atoms with Crippen molar-refractivity contribution < 1.29 is 13.6 Å². The summed E-state index contributed by atoms with van der Waals surface area (Å²) in [6, 6.07) is 8.88. The first kappa shape index (κ1) is 23.3. The number of hydrogen-bond donors (Lipinski definition) is 2. The van der Waals surface area contributed by atoms with Crippen molar-refractivity contribution in [2.75, 3.05) is 18.0 Å². The zero-order valence-electron chi connectivity index (χ0n) is 19.1. The summed E-state index contributed by atoms with van der Waals surface area (Å²) in [4.78, 5) is 19.2. The molecule has 0 saturated carbocycles. The molecule has 9 heteroatoms. The van der Waals surface area contributed by atoms with Crippen LogP contribution in [0.3, 0.4) is 0 Å². The number of carbonyl (C=O) groups is 1. The Bertz CT molecular complexity index is 1660. The molecular weight excluding hydrogens is 480 g/mol. The number of nitrogens with two attached hydrogens (primary N) is 2. The molecule has 4 aromatic rings. The minimum absolute atomic E-state index is 0.0429. The molecule has 4 N–H and O–H groups in total. The maximum absolute atomic E-state index is 15.8. The summed E-state index contributed by atoms with van der Waals surface area (Å²) in [5.41, 5.74) is 13.9. The van der Waals surface area contributed by atoms with E-state index in [-0.39, 0.29) is 54.9 Å². The highest BCUT2D eigenvalue weighted by Crippen LogP contribution is 2.44. The van der Waals surface area contributed by atoms with Gasteiger partial charge in [0, 0.05) is 40.4 Å². The van der Waals surface area contributed by atoms with Crippen LogP contribution in [0.2, 0.25) is 0 Å². The van der Waals surface area contributed by atoms with Crippen molar-refractivity contribution >= 4 is 38.1 Å². The number of hydrogen-bond acceptors (Lipinski definition) is 6. The largest absolute Gasteiger partial charge is 0.389 e. The van der Waals surface area contributed by atoms with Gasteiger partial charge in [-0.2, -0.15) is 5.26 Å². The number of nitrogen functional groups attached to an aromatic ring is 2. The van der Waals surface area contributed by atoms with E-state index in [1.54, 1.807) is 23.2 Å². The molecule has 2 aromatic carbocycles. The van der Waals surface area contributed by atoms with Crippen molar-refractivity contribution in [1.29, 1.82) is 5.26 Å². The second-order valence-electron chi connectivity index (χ2n) is 8.43. The van der Waals surface area contributed by atoms with Gasteiger partial charge in [-0.15, -0.1) is 17.8 Å². The van der Waals surface area contributed by atoms with E-state index < -0.39 is 11.6 Å². The van der Waals surface area contributed by atoms with Gasteiger partial charge < -0.3 is 16.4 Å². The van der Waals surface area contributed by atoms with Crippen molar-refractivity contribution in [3.8, 4) is 29.5 Å². The number of aromatic nitrogens is 1. The normalized spacial score (nSPS) is 13.8. The molecule has 0 aliphatic carbocycles. The molecule has 0 radical (unpaired) electrons. The topological polar surface area (TPSA) is 109 Å². The van der Waals surface area contributed by atoms with Gasteiger partial charge in [0.05, 0.1) is 16.3 Å². The lowest BCUT2D eigenvalue weighted by atomic mass is 9.85. The number of amides is 1. The smallest absolute Gasteiger partial charge is 0.254 e. The Balaban J connectivity index is 1.68. The van der Waals surface area contributed by atoms with E-state index in [1.807, 2.05) is 13.0 Å². The average molecular weight is 500 g/mol. The minimum atomic E-state index is -0.744. The van der Waals surface area contributed by atoms with Gasteiger partial charge in [-0.1, -0.05) is 18.1 Å². The van der Waals surface area contributed by atoms with Gasteiger partial charge in [0.2, 0.25) is 0 Å². The van der Waals surface area contributed by atoms with E-state index in [2.05, 4.69) is 10.9 Å². The molecular formula is C27H19F2N5OS. The van der Waals surface area contributed by atoms with Crippen LogP contribution in [-0.4, -0.2) is 22.3 Å². The third-order valence-electron chi connectivity index (χ3n) is 6.61. The zero-order valence-corrected chi connectivity index (χ0v) is 19.9. The van der Waals surface area contributed by atoms with Crippen LogP contribution in [0.1, 0.15) is 45.6 Å². The molecule has 1 atom stereocenters. The molecule has 1 aliphatic rings. The van der Waals surface area contributed by atoms with Gasteiger partial charge in [-0.25, -0.2) is 13.8 Å². The predicted octanol–water partition coefficient (Wildman–Crippen LogP) is 5.02. The van der Waals surface area contributed by atoms with Gasteiger partial charge in [0.15, 0.2) is 0 Å². The number of thiophene rings is 1. The van der Waals surface area contributed by atoms with Crippen LogP contribution < -0.4 is 11.5 Å². The first-order valence-electron chi connectivity index (χ1n) is 11.0. The zero-order chi connectivity index (χ0) is 25.7. The van der Waals surface area contributed by atoms with Crippen LogP contribution >= 0.6 is 11.3 Å². The summed E-state index contributed by atoms with van der Waals surface area (Å²) >= 11 is 0.920. The molecule has 3 heterocycles. The molecule has 0 unspecified atom stereocenters. The van der Waals surface area contributed by atoms with E-state index in [9.17, 15) is 14.4 Å². The van der Waals surface area contributed by atoms with Crippen molar-refractivity contribution in [2.24, 2.45) is 0 Å². The Morgan fingerprint density at radius 2 is 1.97 bits per heavy atom. The van der Waals surface area contributed by atoms with Gasteiger partial charge in [-0.05, 0) is 42.7 Å². The van der Waals surface area contributed by atoms with E-state index in [4.69, 9.17) is 17.9 Å². The summed E-state index contributed by atoms with van der Waals surface area (Å²) in [6.45, 7) is 2.16. The Kier molecular flexibility index (Phi) is 5.58. The molecule has 0 saturated heterocycles. The highest BCUT2D eigenvalue weighted by molar-refractivity contribution is 7.23. The monoisotopic (exact) mass is 499 g/mol. The molecule has 0 bridgehead atoms. The summed E-state index contributed by atoms with van der Waals surface area (Å²) in [6.07, 6.45) is 7.80. The quantitative estimate of drug-likeness (QED) is 0.385. The number of halogens is 2. The van der Waals surface area contributed by atoms with Crippen molar-refractivity contribution in [3.63, 3.8) is 0 Å². The van der Waals surface area contributed by atoms with E-state index in [1.165, 1.54) is 12.1 Å². The average Bonchev–Trinajstić information content (AvgIpc) is 3.21. The van der Waals surface area contributed by atoms with Crippen LogP contribution in [0.15, 0.2) is 36.5 Å². The fourth-order valence-corrected chi connectivity index (χ4v) is 5.83. The highest BCUT2D eigenvalue weighted by atomic mass is 32.1. The highest BCUT2D eigenvalue weighted by Gasteiger charge is 2.33. The molecule has 0 fully saturated rings. The van der Waals surface area contributed by atoms with Crippen LogP contribution in [0.25, 0.3) is 21.2 Å². The van der Waals surface area contributed by atoms with Gasteiger partial charge in [-0.3, -0.25) is 4.79 Å². The minimum Gasteiger partial charge on any atom is -0.389 e. The maximum atomic E-state index is 15.8. The molecule has 1 aliphatic heterocycles. The van der Waals surface area contributed by atoms with E-state index >= 15 is 4.39 Å². The van der Waals surface area contributed by atoms with Crippen molar-refractivity contribution in [3.05, 3.63) is 76.0 Å². The number of benzene rings is 2. The van der Waals surface area contributed by atoms with Crippen LogP contribution in [0.5, 0.6) is 0 Å². The molecule has 178 valence electrons. The molecule has 5 rings (SSSR count). The number of carbonyl (C=O) groups excluding carboxylic acids is 1. The first-order chi connectivity index (χ1) is 17.3. The van der Waals surface area contributed by atoms with Crippen molar-refractivity contribution in [2.45, 2.75) is 19.4 Å². The number of nitrogens with zero attached hydrogens (tertiary/aromatic N) is 3. The van der Waals surface area contributed by atoms with Gasteiger partial charge >= 0.3 is 0 Å². The number of nitriles is 1. The Morgan fingerprint density at radius 3 is 2.67 bits per heavy atom. The lowest BCUT2D eigenvalue weighted by Crippen LogP contribution is -2.40. The number of fused-ring (bicyclic) bond motifs is 2. The number of pyridine rings is 1. The fourth-order valence-electron chi connectivity index (χ4n) is 4.88. The standard InChI is InChI=1S/C27H19F2N5OS/c1-3-14-16-8-10-34(13(2)15-5-4-9-33-25(15)31)27(35)18(16)11-21(29)22(14)17-6-7-20(28)24-23(17)19(12-30)26(32)36-24/h1,4-7,9,11,13H,8,10,32H2,2H3,(H2,31,33)/t13-/m0/s1. The number of anilines is 2. The third-order valence-corrected chi connectivity index (χ3v) is 7.64. The number of rotatable bonds is 3. The Labute approximate surface area is 209 Å². The second kappa shape index (κ2) is 8.63. The first-order valence-corrected chi connectivity index (χ1v) is 11.8. The molecule has 2 aromatic heterocycles. The fraction of sp³-hybridized carbons (Fsp3) is 0.148. The SMILES string of the molecule is C#Cc1c2c(cc(F)c1-c1ccc(F)c3sc(N)c(C#N)c13)C(=O)N([C@@H](C)c1cccnc1N)CC2. The van der Waals surface area contributed by atoms with Crippen LogP contribution in [-0.2, 0) is 6.42 Å². The van der Waals surface area contributed by atoms with Gasteiger partial charge in [0.1, 0.15) is 28.5 Å². The lowest BCUT2D eigenvalue weighted by molar-refractivity contribution is 0.0672. The molecule has 6 nitrogen and oxygen atoms in total. The molecule has 1 amide bonds. The van der Waals surface area contributed by atoms with E-state index in [0.29, 0.717) is 29.9 Å². The third kappa shape index (κ3) is 3.36. The number of terminal acetylenes is 1.